The molecule has 0 aliphatic heterocycles. The normalized spacial score (nSPS) is 12.6. The molecular formula is C14H17N3O. The molecule has 2 aromatic rings. The zero-order chi connectivity index (χ0) is 13.1. The second kappa shape index (κ2) is 5.09. The first-order chi connectivity index (χ1) is 8.60. The summed E-state index contributed by atoms with van der Waals surface area (Å²) in [5, 5.41) is 12.3. The van der Waals surface area contributed by atoms with Gasteiger partial charge < -0.3 is 9.73 Å². The molecule has 0 spiro atoms. The first kappa shape index (κ1) is 12.4. The third kappa shape index (κ3) is 2.62. The SMILES string of the molecule is Cc1nc2ccc(NCC(C#N)C(C)C)cc2o1. The van der Waals surface area contributed by atoms with Crippen molar-refractivity contribution < 1.29 is 4.42 Å². The summed E-state index contributed by atoms with van der Waals surface area (Å²) in [5.74, 6) is 1.02. The van der Waals surface area contributed by atoms with Gasteiger partial charge in [-0.2, -0.15) is 5.26 Å². The minimum Gasteiger partial charge on any atom is -0.441 e. The summed E-state index contributed by atoms with van der Waals surface area (Å²) in [7, 11) is 0. The lowest BCUT2D eigenvalue weighted by Gasteiger charge is -2.14. The van der Waals surface area contributed by atoms with Crippen molar-refractivity contribution in [2.75, 3.05) is 11.9 Å². The van der Waals surface area contributed by atoms with Crippen LogP contribution in [0.15, 0.2) is 22.6 Å². The van der Waals surface area contributed by atoms with Gasteiger partial charge in [-0.25, -0.2) is 4.98 Å². The summed E-state index contributed by atoms with van der Waals surface area (Å²) in [4.78, 5) is 4.25. The van der Waals surface area contributed by atoms with Crippen LogP contribution in [0.2, 0.25) is 0 Å². The predicted molar refractivity (Wildman–Crippen MR) is 71.2 cm³/mol. The highest BCUT2D eigenvalue weighted by Gasteiger charge is 2.12. The van der Waals surface area contributed by atoms with Gasteiger partial charge in [0.25, 0.3) is 0 Å². The average molecular weight is 243 g/mol. The summed E-state index contributed by atoms with van der Waals surface area (Å²) in [6, 6.07) is 8.11. The standard InChI is InChI=1S/C14H17N3O/c1-9(2)11(7-15)8-16-12-4-5-13-14(6-12)18-10(3)17-13/h4-6,9,11,16H,8H2,1-3H3. The van der Waals surface area contributed by atoms with E-state index >= 15 is 0 Å². The average Bonchev–Trinajstić information content (AvgIpc) is 2.68. The summed E-state index contributed by atoms with van der Waals surface area (Å²) in [6.45, 7) is 6.58. The molecule has 0 saturated heterocycles. The molecule has 1 atom stereocenters. The smallest absolute Gasteiger partial charge is 0.192 e. The van der Waals surface area contributed by atoms with Gasteiger partial charge in [0.15, 0.2) is 11.5 Å². The molecular weight excluding hydrogens is 226 g/mol. The Hall–Kier alpha value is -2.02. The molecule has 18 heavy (non-hydrogen) atoms. The molecule has 0 aliphatic carbocycles. The Bertz CT molecular complexity index is 580. The van der Waals surface area contributed by atoms with Crippen LogP contribution in [-0.4, -0.2) is 11.5 Å². The number of hydrogen-bond acceptors (Lipinski definition) is 4. The van der Waals surface area contributed by atoms with E-state index in [-0.39, 0.29) is 5.92 Å². The molecule has 4 nitrogen and oxygen atoms in total. The number of nitrogens with one attached hydrogen (secondary N) is 1. The van der Waals surface area contributed by atoms with Crippen molar-refractivity contribution in [3.63, 3.8) is 0 Å². The van der Waals surface area contributed by atoms with Crippen molar-refractivity contribution in [2.24, 2.45) is 11.8 Å². The second-order valence-corrected chi connectivity index (χ2v) is 4.78. The lowest BCUT2D eigenvalue weighted by atomic mass is 9.97. The van der Waals surface area contributed by atoms with Crippen molar-refractivity contribution in [3.8, 4) is 6.07 Å². The van der Waals surface area contributed by atoms with Gasteiger partial charge >= 0.3 is 0 Å². The molecule has 0 saturated carbocycles. The molecule has 0 amide bonds. The van der Waals surface area contributed by atoms with Gasteiger partial charge in [0, 0.05) is 25.2 Å². The Morgan fingerprint density at radius 3 is 2.89 bits per heavy atom. The first-order valence-corrected chi connectivity index (χ1v) is 6.11. The number of nitrogens with zero attached hydrogens (tertiary/aromatic N) is 2. The van der Waals surface area contributed by atoms with Gasteiger partial charge in [-0.3, -0.25) is 0 Å². The maximum atomic E-state index is 9.03. The van der Waals surface area contributed by atoms with E-state index in [0.717, 1.165) is 16.8 Å². The quantitative estimate of drug-likeness (QED) is 0.894. The maximum Gasteiger partial charge on any atom is 0.192 e. The Balaban J connectivity index is 2.10. The highest BCUT2D eigenvalue weighted by Crippen LogP contribution is 2.20. The van der Waals surface area contributed by atoms with Crippen molar-refractivity contribution in [2.45, 2.75) is 20.8 Å². The van der Waals surface area contributed by atoms with Gasteiger partial charge in [0.05, 0.1) is 12.0 Å². The van der Waals surface area contributed by atoms with E-state index in [2.05, 4.69) is 30.2 Å². The minimum atomic E-state index is 0.0113. The minimum absolute atomic E-state index is 0.0113. The molecule has 0 aliphatic rings. The lowest BCUT2D eigenvalue weighted by Crippen LogP contribution is -2.17. The molecule has 1 unspecified atom stereocenters. The first-order valence-electron chi connectivity index (χ1n) is 6.11. The summed E-state index contributed by atoms with van der Waals surface area (Å²) < 4.78 is 5.47. The number of rotatable bonds is 4. The molecule has 0 radical (unpaired) electrons. The van der Waals surface area contributed by atoms with Crippen molar-refractivity contribution in [1.29, 1.82) is 5.26 Å². The van der Waals surface area contributed by atoms with E-state index < -0.39 is 0 Å². The van der Waals surface area contributed by atoms with Crippen molar-refractivity contribution in [1.82, 2.24) is 4.98 Å². The third-order valence-corrected chi connectivity index (χ3v) is 2.99. The highest BCUT2D eigenvalue weighted by molar-refractivity contribution is 5.77. The number of fused-ring (bicyclic) bond motifs is 1. The maximum absolute atomic E-state index is 9.03. The van der Waals surface area contributed by atoms with Crippen LogP contribution in [0.25, 0.3) is 11.1 Å². The molecule has 1 N–H and O–H groups in total. The lowest BCUT2D eigenvalue weighted by molar-refractivity contribution is 0.496. The van der Waals surface area contributed by atoms with Gasteiger partial charge in [-0.05, 0) is 18.1 Å². The van der Waals surface area contributed by atoms with Gasteiger partial charge in [-0.15, -0.1) is 0 Å². The topological polar surface area (TPSA) is 61.9 Å². The second-order valence-electron chi connectivity index (χ2n) is 4.78. The summed E-state index contributed by atoms with van der Waals surface area (Å²) >= 11 is 0. The van der Waals surface area contributed by atoms with Crippen LogP contribution < -0.4 is 5.32 Å². The zero-order valence-electron chi connectivity index (χ0n) is 10.9. The summed E-state index contributed by atoms with van der Waals surface area (Å²) in [6.07, 6.45) is 0. The Morgan fingerprint density at radius 1 is 1.44 bits per heavy atom. The van der Waals surface area contributed by atoms with Crippen LogP contribution in [0.5, 0.6) is 0 Å². The molecule has 0 bridgehead atoms. The largest absolute Gasteiger partial charge is 0.441 e. The predicted octanol–water partition coefficient (Wildman–Crippen LogP) is 3.34. The van der Waals surface area contributed by atoms with E-state index in [1.807, 2.05) is 25.1 Å². The molecule has 1 heterocycles. The summed E-state index contributed by atoms with van der Waals surface area (Å²) in [5.41, 5.74) is 2.59. The Kier molecular flexibility index (Phi) is 3.52. The monoisotopic (exact) mass is 243 g/mol. The van der Waals surface area contributed by atoms with E-state index in [1.165, 1.54) is 0 Å². The van der Waals surface area contributed by atoms with E-state index in [4.69, 9.17) is 9.68 Å². The van der Waals surface area contributed by atoms with Crippen LogP contribution in [0.3, 0.4) is 0 Å². The number of nitriles is 1. The number of benzene rings is 1. The van der Waals surface area contributed by atoms with E-state index in [1.54, 1.807) is 0 Å². The van der Waals surface area contributed by atoms with Crippen molar-refractivity contribution in [3.05, 3.63) is 24.1 Å². The zero-order valence-corrected chi connectivity index (χ0v) is 10.9. The third-order valence-electron chi connectivity index (χ3n) is 2.99. The molecule has 1 aromatic carbocycles. The van der Waals surface area contributed by atoms with Crippen LogP contribution >= 0.6 is 0 Å². The van der Waals surface area contributed by atoms with Crippen molar-refractivity contribution >= 4 is 16.8 Å². The van der Waals surface area contributed by atoms with E-state index in [9.17, 15) is 0 Å². The molecule has 1 aromatic heterocycles. The molecule has 4 heteroatoms. The Labute approximate surface area is 107 Å². The van der Waals surface area contributed by atoms with E-state index in [0.29, 0.717) is 18.4 Å². The van der Waals surface area contributed by atoms with Gasteiger partial charge in [0.2, 0.25) is 0 Å². The van der Waals surface area contributed by atoms with Crippen LogP contribution in [0.4, 0.5) is 5.69 Å². The Morgan fingerprint density at radius 2 is 2.22 bits per heavy atom. The van der Waals surface area contributed by atoms with Gasteiger partial charge in [-0.1, -0.05) is 13.8 Å². The molecule has 2 rings (SSSR count). The number of aryl methyl sites for hydroxylation is 1. The highest BCUT2D eigenvalue weighted by atomic mass is 16.3. The number of hydrogen-bond donors (Lipinski definition) is 1. The fourth-order valence-corrected chi connectivity index (χ4v) is 1.81. The molecule has 0 fully saturated rings. The van der Waals surface area contributed by atoms with Crippen LogP contribution in [0.1, 0.15) is 19.7 Å². The van der Waals surface area contributed by atoms with Crippen LogP contribution in [0, 0.1) is 30.1 Å². The van der Waals surface area contributed by atoms with Crippen LogP contribution in [-0.2, 0) is 0 Å². The number of oxazole rings is 1. The van der Waals surface area contributed by atoms with Gasteiger partial charge in [0.1, 0.15) is 5.52 Å². The number of aromatic nitrogens is 1. The fraction of sp³-hybridized carbons (Fsp3) is 0.429. The number of anilines is 1. The molecule has 94 valence electrons. The fourth-order valence-electron chi connectivity index (χ4n) is 1.81.